The van der Waals surface area contributed by atoms with Crippen LogP contribution in [0.5, 0.6) is 0 Å². The monoisotopic (exact) mass is 592 g/mol. The second-order valence-electron chi connectivity index (χ2n) is 14.3. The zero-order valence-corrected chi connectivity index (χ0v) is 26.6. The Bertz CT molecular complexity index is 1040. The van der Waals surface area contributed by atoms with E-state index in [-0.39, 0.29) is 64.3 Å². The van der Waals surface area contributed by atoms with Crippen molar-refractivity contribution in [2.75, 3.05) is 18.8 Å². The molecule has 1 aliphatic heterocycles. The van der Waals surface area contributed by atoms with Crippen molar-refractivity contribution in [3.63, 3.8) is 0 Å². The van der Waals surface area contributed by atoms with Crippen molar-refractivity contribution in [1.29, 1.82) is 0 Å². The highest BCUT2D eigenvalue weighted by Gasteiger charge is 2.68. The summed E-state index contributed by atoms with van der Waals surface area (Å²) in [6, 6.07) is -0.595. The Morgan fingerprint density at radius 2 is 1.90 bits per heavy atom. The third-order valence-electron chi connectivity index (χ3n) is 11.8. The van der Waals surface area contributed by atoms with Crippen molar-refractivity contribution in [2.24, 2.45) is 45.7 Å². The maximum absolute atomic E-state index is 13.6. The molecule has 1 heterocycles. The van der Waals surface area contributed by atoms with Crippen LogP contribution in [-0.4, -0.2) is 81.2 Å². The molecular weight excluding hydrogens is 540 g/mol. The number of ether oxygens (including phenoxy) is 1. The predicted octanol–water partition coefficient (Wildman–Crippen LogP) is 3.57. The number of rotatable bonds is 7. The highest BCUT2D eigenvalue weighted by molar-refractivity contribution is 8.00. The minimum atomic E-state index is -0.764. The smallest absolute Gasteiger partial charge is 0.316 e. The van der Waals surface area contributed by atoms with E-state index >= 15 is 0 Å². The Hall–Kier alpha value is -1.42. The van der Waals surface area contributed by atoms with Crippen LogP contribution in [0.1, 0.15) is 80.1 Å². The van der Waals surface area contributed by atoms with E-state index in [4.69, 9.17) is 10.5 Å². The fourth-order valence-corrected chi connectivity index (χ4v) is 9.67. The van der Waals surface area contributed by atoms with E-state index in [2.05, 4.69) is 27.4 Å². The molecule has 4 aliphatic rings. The molecule has 41 heavy (non-hydrogen) atoms. The number of aliphatic hydroxyl groups excluding tert-OH is 2. The quantitative estimate of drug-likeness (QED) is 0.302. The first-order chi connectivity index (χ1) is 19.1. The minimum Gasteiger partial charge on any atom is -0.461 e. The van der Waals surface area contributed by atoms with Gasteiger partial charge in [-0.15, -0.1) is 18.3 Å². The molecule has 0 aromatic heterocycles. The van der Waals surface area contributed by atoms with Gasteiger partial charge in [-0.25, -0.2) is 0 Å². The van der Waals surface area contributed by atoms with Crippen molar-refractivity contribution in [3.05, 3.63) is 12.7 Å². The summed E-state index contributed by atoms with van der Waals surface area (Å²) in [6.45, 7) is 17.0. The van der Waals surface area contributed by atoms with Gasteiger partial charge in [0.1, 0.15) is 11.9 Å². The van der Waals surface area contributed by atoms with Gasteiger partial charge < -0.3 is 25.6 Å². The first kappa shape index (κ1) is 32.5. The Balaban J connectivity index is 1.50. The molecular formula is C32H52N2O6S. The number of carbonyl (C=O) groups is 3. The van der Waals surface area contributed by atoms with E-state index in [0.29, 0.717) is 25.8 Å². The highest BCUT2D eigenvalue weighted by atomic mass is 32.2. The number of piperidine rings is 1. The van der Waals surface area contributed by atoms with E-state index in [0.717, 1.165) is 19.3 Å². The maximum Gasteiger partial charge on any atom is 0.316 e. The number of esters is 1. The SMILES string of the molecule is C=C[C@]1(C)C[C@@H](OC(=O)CSC2CCN(C(=O)C(N)C(C)C)CC2O)[C@]2(C)C(C)CCC3(CCC(=O)C32)[C@@H](C)C1O. The topological polar surface area (TPSA) is 130 Å². The summed E-state index contributed by atoms with van der Waals surface area (Å²) in [5.74, 6) is -0.379. The van der Waals surface area contributed by atoms with E-state index in [1.807, 2.05) is 20.8 Å². The molecule has 7 unspecified atom stereocenters. The number of β-amino-alcohol motifs (C(OH)–C–C–N with tert-alkyl or cyclic N) is 1. The molecule has 232 valence electrons. The van der Waals surface area contributed by atoms with Crippen LogP contribution in [0.25, 0.3) is 0 Å². The van der Waals surface area contributed by atoms with Crippen LogP contribution in [0.4, 0.5) is 0 Å². The molecule has 0 aromatic carbocycles. The number of ketones is 1. The van der Waals surface area contributed by atoms with Gasteiger partial charge in [0.05, 0.1) is 24.0 Å². The molecule has 3 saturated carbocycles. The molecule has 0 spiro atoms. The first-order valence-electron chi connectivity index (χ1n) is 15.5. The number of hydrogen-bond acceptors (Lipinski definition) is 8. The highest BCUT2D eigenvalue weighted by Crippen LogP contribution is 2.68. The van der Waals surface area contributed by atoms with Crippen LogP contribution in [0.3, 0.4) is 0 Å². The average molecular weight is 593 g/mol. The van der Waals surface area contributed by atoms with Crippen LogP contribution in [0.15, 0.2) is 12.7 Å². The Kier molecular flexibility index (Phi) is 9.45. The average Bonchev–Trinajstić information content (AvgIpc) is 3.29. The third kappa shape index (κ3) is 5.53. The number of amides is 1. The normalized spacial score (nSPS) is 43.6. The fraction of sp³-hybridized carbons (Fsp3) is 0.844. The standard InChI is InChI=1S/C32H52N2O6S/c1-8-30(6)15-24(31(7)19(4)9-12-32(20(5)28(30)38)13-10-21(35)27(31)32)40-25(37)17-41-23-11-14-34(16-22(23)36)29(39)26(33)18(2)3/h8,18-20,22-24,26-28,36,38H,1,9-17,33H2,2-7H3/t19?,20-,22?,23?,24+,26?,27?,28?,30+,31-,32?/m0/s1. The molecule has 0 aromatic rings. The van der Waals surface area contributed by atoms with Crippen LogP contribution < -0.4 is 5.73 Å². The predicted molar refractivity (Wildman–Crippen MR) is 161 cm³/mol. The van der Waals surface area contributed by atoms with Gasteiger partial charge in [0.25, 0.3) is 0 Å². The van der Waals surface area contributed by atoms with Crippen molar-refractivity contribution >= 4 is 29.4 Å². The Morgan fingerprint density at radius 1 is 1.22 bits per heavy atom. The van der Waals surface area contributed by atoms with Gasteiger partial charge in [0, 0.05) is 41.5 Å². The molecule has 1 amide bonds. The first-order valence-corrected chi connectivity index (χ1v) is 16.5. The zero-order chi connectivity index (χ0) is 30.5. The number of carbonyl (C=O) groups excluding carboxylic acids is 3. The molecule has 1 saturated heterocycles. The number of nitrogens with two attached hydrogens (primary N) is 1. The summed E-state index contributed by atoms with van der Waals surface area (Å²) in [5.41, 5.74) is 4.50. The van der Waals surface area contributed by atoms with Gasteiger partial charge in [0.15, 0.2) is 0 Å². The maximum atomic E-state index is 13.6. The summed E-state index contributed by atoms with van der Waals surface area (Å²) in [4.78, 5) is 41.3. The lowest BCUT2D eigenvalue weighted by atomic mass is 9.44. The summed E-state index contributed by atoms with van der Waals surface area (Å²) < 4.78 is 6.33. The van der Waals surface area contributed by atoms with Gasteiger partial charge in [-0.05, 0) is 55.3 Å². The van der Waals surface area contributed by atoms with Crippen LogP contribution >= 0.6 is 11.8 Å². The number of hydrogen-bond donors (Lipinski definition) is 3. The van der Waals surface area contributed by atoms with Gasteiger partial charge >= 0.3 is 5.97 Å². The van der Waals surface area contributed by atoms with Gasteiger partial charge in [-0.3, -0.25) is 14.4 Å². The number of thioether (sulfide) groups is 1. The van der Waals surface area contributed by atoms with Crippen molar-refractivity contribution in [3.8, 4) is 0 Å². The summed E-state index contributed by atoms with van der Waals surface area (Å²) in [6.07, 6.45) is 3.84. The molecule has 4 rings (SSSR count). The molecule has 4 N–H and O–H groups in total. The second-order valence-corrected chi connectivity index (χ2v) is 15.6. The molecule has 3 aliphatic carbocycles. The molecule has 2 bridgehead atoms. The van der Waals surface area contributed by atoms with Crippen molar-refractivity contribution < 1.29 is 29.3 Å². The summed E-state index contributed by atoms with van der Waals surface area (Å²) in [5, 5.41) is 22.3. The van der Waals surface area contributed by atoms with Crippen molar-refractivity contribution in [1.82, 2.24) is 4.90 Å². The van der Waals surface area contributed by atoms with E-state index in [9.17, 15) is 24.6 Å². The van der Waals surface area contributed by atoms with Crippen molar-refractivity contribution in [2.45, 2.75) is 110 Å². The molecule has 4 fully saturated rings. The molecule has 8 nitrogen and oxygen atoms in total. The lowest BCUT2D eigenvalue weighted by molar-refractivity contribution is -0.205. The van der Waals surface area contributed by atoms with E-state index < -0.39 is 35.2 Å². The molecule has 9 heteroatoms. The van der Waals surface area contributed by atoms with E-state index in [1.165, 1.54) is 11.8 Å². The fourth-order valence-electron chi connectivity index (χ4n) is 8.67. The zero-order valence-electron chi connectivity index (χ0n) is 25.8. The van der Waals surface area contributed by atoms with Gasteiger partial charge in [-0.1, -0.05) is 47.6 Å². The lowest BCUT2D eigenvalue weighted by Gasteiger charge is -2.61. The van der Waals surface area contributed by atoms with Gasteiger partial charge in [-0.2, -0.15) is 0 Å². The van der Waals surface area contributed by atoms with Crippen LogP contribution in [0, 0.1) is 39.9 Å². The number of nitrogens with zero attached hydrogens (tertiary/aromatic N) is 1. The number of likely N-dealkylation sites (tertiary alicyclic amines) is 1. The van der Waals surface area contributed by atoms with E-state index in [1.54, 1.807) is 11.0 Å². The number of aliphatic hydroxyl groups is 2. The summed E-state index contributed by atoms with van der Waals surface area (Å²) >= 11 is 1.36. The van der Waals surface area contributed by atoms with Crippen LogP contribution in [-0.2, 0) is 19.1 Å². The second kappa shape index (κ2) is 11.9. The summed E-state index contributed by atoms with van der Waals surface area (Å²) in [7, 11) is 0. The third-order valence-corrected chi connectivity index (χ3v) is 13.2. The lowest BCUT2D eigenvalue weighted by Crippen LogP contribution is -2.63. The minimum absolute atomic E-state index is 0.0143. The van der Waals surface area contributed by atoms with Gasteiger partial charge in [0.2, 0.25) is 5.91 Å². The Morgan fingerprint density at radius 3 is 2.51 bits per heavy atom. The molecule has 0 radical (unpaired) electrons. The Labute approximate surface area is 250 Å². The molecule has 11 atom stereocenters. The van der Waals surface area contributed by atoms with Crippen LogP contribution in [0.2, 0.25) is 0 Å². The largest absolute Gasteiger partial charge is 0.461 e. The number of Topliss-reactive ketones (excluding diaryl/α,β-unsaturated/α-hetero) is 1.